The second kappa shape index (κ2) is 4.70. The van der Waals surface area contributed by atoms with Gasteiger partial charge in [-0.05, 0) is 22.0 Å². The lowest BCUT2D eigenvalue weighted by Crippen LogP contribution is -2.37. The Morgan fingerprint density at radius 2 is 2.33 bits per heavy atom. The number of carbonyl (C=O) groups is 1. The fraction of sp³-hybridized carbons (Fsp3) is 0.500. The second-order valence-corrected chi connectivity index (χ2v) is 5.08. The van der Waals surface area contributed by atoms with Crippen molar-refractivity contribution < 1.29 is 14.6 Å². The van der Waals surface area contributed by atoms with Crippen molar-refractivity contribution in [3.63, 3.8) is 0 Å². The van der Waals surface area contributed by atoms with Gasteiger partial charge in [-0.25, -0.2) is 0 Å². The van der Waals surface area contributed by atoms with E-state index in [0.29, 0.717) is 15.6 Å². The number of halogens is 2. The molecule has 84 valence electrons. The normalized spacial score (nSPS) is 30.5. The van der Waals surface area contributed by atoms with E-state index >= 15 is 0 Å². The Morgan fingerprint density at radius 3 is 2.73 bits per heavy atom. The van der Waals surface area contributed by atoms with Crippen LogP contribution in [0, 0.1) is 11.3 Å². The molecule has 1 aliphatic rings. The molecule has 0 aromatic heterocycles. The van der Waals surface area contributed by atoms with Gasteiger partial charge < -0.3 is 9.84 Å². The van der Waals surface area contributed by atoms with E-state index < -0.39 is 17.3 Å². The first-order valence-electron chi connectivity index (χ1n) is 4.38. The van der Waals surface area contributed by atoms with E-state index in [1.54, 1.807) is 0 Å². The van der Waals surface area contributed by atoms with Gasteiger partial charge in [-0.2, -0.15) is 0 Å². The molecule has 15 heavy (non-hydrogen) atoms. The molecule has 0 amide bonds. The molecule has 0 radical (unpaired) electrons. The number of ether oxygens (including phenoxy) is 1. The van der Waals surface area contributed by atoms with Gasteiger partial charge in [-0.3, -0.25) is 4.79 Å². The highest BCUT2D eigenvalue weighted by atomic mass is 79.9. The molecule has 0 fully saturated rings. The number of carboxylic acid groups (broad SMARTS) is 1. The number of aliphatic carboxylic acids is 1. The molecular formula is C10H12Br2O3. The topological polar surface area (TPSA) is 46.5 Å². The summed E-state index contributed by atoms with van der Waals surface area (Å²) in [5, 5.41) is 9.80. The summed E-state index contributed by atoms with van der Waals surface area (Å²) >= 11 is 6.64. The van der Waals surface area contributed by atoms with Crippen LogP contribution in [0.1, 0.15) is 6.92 Å². The molecule has 1 aliphatic carbocycles. The molecule has 0 heterocycles. The Bertz CT molecular complexity index is 336. The predicted molar refractivity (Wildman–Crippen MR) is 65.1 cm³/mol. The zero-order chi connectivity index (χ0) is 11.6. The average Bonchev–Trinajstić information content (AvgIpc) is 2.20. The minimum atomic E-state index is -0.880. The number of hydrogen-bond donors (Lipinski definition) is 1. The van der Waals surface area contributed by atoms with Crippen LogP contribution in [0.3, 0.4) is 0 Å². The third kappa shape index (κ3) is 2.28. The quantitative estimate of drug-likeness (QED) is 0.804. The van der Waals surface area contributed by atoms with Gasteiger partial charge in [0.05, 0.1) is 11.6 Å². The zero-order valence-corrected chi connectivity index (χ0v) is 11.6. The predicted octanol–water partition coefficient (Wildman–Crippen LogP) is 2.91. The van der Waals surface area contributed by atoms with Crippen LogP contribution in [0.2, 0.25) is 0 Å². The summed E-state index contributed by atoms with van der Waals surface area (Å²) < 4.78 is 5.85. The standard InChI is InChI=1S/C10H12Br2O3/c1-10(5-11)4-3-6(12)8(15-2)7(10)9(13)14/h3-4,7H,5H2,1-2H3,(H,13,14). The van der Waals surface area contributed by atoms with E-state index in [2.05, 4.69) is 31.9 Å². The molecule has 0 spiro atoms. The highest BCUT2D eigenvalue weighted by Crippen LogP contribution is 2.42. The monoisotopic (exact) mass is 338 g/mol. The fourth-order valence-electron chi connectivity index (χ4n) is 1.61. The van der Waals surface area contributed by atoms with Crippen LogP contribution in [0.25, 0.3) is 0 Å². The number of hydrogen-bond acceptors (Lipinski definition) is 2. The van der Waals surface area contributed by atoms with Gasteiger partial charge in [0.2, 0.25) is 0 Å². The van der Waals surface area contributed by atoms with Gasteiger partial charge in [-0.1, -0.05) is 28.9 Å². The van der Waals surface area contributed by atoms with Crippen LogP contribution >= 0.6 is 31.9 Å². The second-order valence-electron chi connectivity index (χ2n) is 3.66. The molecule has 2 atom stereocenters. The highest BCUT2D eigenvalue weighted by Gasteiger charge is 2.43. The maximum atomic E-state index is 11.3. The summed E-state index contributed by atoms with van der Waals surface area (Å²) in [6.07, 6.45) is 3.71. The summed E-state index contributed by atoms with van der Waals surface area (Å²) in [6, 6.07) is 0. The van der Waals surface area contributed by atoms with Gasteiger partial charge in [0.25, 0.3) is 0 Å². The Labute approximate surface area is 105 Å². The van der Waals surface area contributed by atoms with Crippen molar-refractivity contribution in [1.82, 2.24) is 0 Å². The van der Waals surface area contributed by atoms with Gasteiger partial charge in [0.15, 0.2) is 0 Å². The minimum Gasteiger partial charge on any atom is -0.499 e. The van der Waals surface area contributed by atoms with Gasteiger partial charge in [0.1, 0.15) is 11.7 Å². The molecule has 0 aromatic rings. The van der Waals surface area contributed by atoms with Crippen molar-refractivity contribution in [3.05, 3.63) is 22.4 Å². The summed E-state index contributed by atoms with van der Waals surface area (Å²) in [7, 11) is 1.49. The van der Waals surface area contributed by atoms with Gasteiger partial charge in [-0.15, -0.1) is 0 Å². The van der Waals surface area contributed by atoms with E-state index in [-0.39, 0.29) is 0 Å². The largest absolute Gasteiger partial charge is 0.499 e. The Hall–Kier alpha value is -0.290. The lowest BCUT2D eigenvalue weighted by molar-refractivity contribution is -0.144. The molecule has 1 N–H and O–H groups in total. The number of allylic oxidation sites excluding steroid dienone is 3. The first-order chi connectivity index (χ1) is 6.96. The summed E-state index contributed by atoms with van der Waals surface area (Å²) in [4.78, 5) is 11.3. The zero-order valence-electron chi connectivity index (χ0n) is 8.46. The van der Waals surface area contributed by atoms with E-state index in [1.165, 1.54) is 7.11 Å². The van der Waals surface area contributed by atoms with Crippen molar-refractivity contribution in [2.45, 2.75) is 6.92 Å². The van der Waals surface area contributed by atoms with Crippen molar-refractivity contribution >= 4 is 37.8 Å². The third-order valence-corrected chi connectivity index (χ3v) is 4.39. The number of alkyl halides is 1. The van der Waals surface area contributed by atoms with E-state index in [4.69, 9.17) is 4.74 Å². The summed E-state index contributed by atoms with van der Waals surface area (Å²) in [6.45, 7) is 1.88. The van der Waals surface area contributed by atoms with Crippen molar-refractivity contribution in [3.8, 4) is 0 Å². The van der Waals surface area contributed by atoms with Crippen molar-refractivity contribution in [1.29, 1.82) is 0 Å². The Balaban J connectivity index is 3.22. The molecule has 0 bridgehead atoms. The number of rotatable bonds is 3. The van der Waals surface area contributed by atoms with Crippen LogP contribution in [0.4, 0.5) is 0 Å². The van der Waals surface area contributed by atoms with E-state index in [9.17, 15) is 9.90 Å². The van der Waals surface area contributed by atoms with Gasteiger partial charge >= 0.3 is 5.97 Å². The molecular weight excluding hydrogens is 328 g/mol. The van der Waals surface area contributed by atoms with Crippen LogP contribution in [0.15, 0.2) is 22.4 Å². The maximum absolute atomic E-state index is 11.3. The third-order valence-electron chi connectivity index (χ3n) is 2.52. The van der Waals surface area contributed by atoms with Crippen LogP contribution < -0.4 is 0 Å². The molecule has 3 nitrogen and oxygen atoms in total. The molecule has 5 heteroatoms. The number of carboxylic acids is 1. The van der Waals surface area contributed by atoms with Gasteiger partial charge in [0, 0.05) is 10.7 Å². The lowest BCUT2D eigenvalue weighted by Gasteiger charge is -2.34. The molecule has 0 saturated heterocycles. The smallest absolute Gasteiger partial charge is 0.315 e. The molecule has 0 aromatic carbocycles. The van der Waals surface area contributed by atoms with Crippen molar-refractivity contribution in [2.24, 2.45) is 11.3 Å². The molecule has 0 aliphatic heterocycles. The Kier molecular flexibility index (Phi) is 4.00. The van der Waals surface area contributed by atoms with Crippen LogP contribution in [-0.2, 0) is 9.53 Å². The molecule has 2 unspecified atom stereocenters. The summed E-state index contributed by atoms with van der Waals surface area (Å²) in [5.41, 5.74) is -0.464. The Morgan fingerprint density at radius 1 is 1.73 bits per heavy atom. The SMILES string of the molecule is COC1=C(Br)C=CC(C)(CBr)C1C(=O)O. The molecule has 0 saturated carbocycles. The van der Waals surface area contributed by atoms with Crippen LogP contribution in [-0.4, -0.2) is 23.5 Å². The van der Waals surface area contributed by atoms with Crippen molar-refractivity contribution in [2.75, 3.05) is 12.4 Å². The molecule has 1 rings (SSSR count). The minimum absolute atomic E-state index is 0.464. The number of methoxy groups -OCH3 is 1. The van der Waals surface area contributed by atoms with Crippen LogP contribution in [0.5, 0.6) is 0 Å². The highest BCUT2D eigenvalue weighted by molar-refractivity contribution is 9.12. The van der Waals surface area contributed by atoms with E-state index in [0.717, 1.165) is 0 Å². The lowest BCUT2D eigenvalue weighted by atomic mass is 9.75. The first kappa shape index (κ1) is 12.8. The average molecular weight is 340 g/mol. The summed E-state index contributed by atoms with van der Waals surface area (Å²) in [5.74, 6) is -1.08. The maximum Gasteiger partial charge on any atom is 0.315 e. The fourth-order valence-corrected chi connectivity index (χ4v) is 2.64. The van der Waals surface area contributed by atoms with E-state index in [1.807, 2.05) is 19.1 Å². The first-order valence-corrected chi connectivity index (χ1v) is 6.29.